The lowest BCUT2D eigenvalue weighted by Crippen LogP contribution is -2.30. The van der Waals surface area contributed by atoms with E-state index in [0.29, 0.717) is 43.0 Å². The molecule has 1 fully saturated rings. The highest BCUT2D eigenvalue weighted by Crippen LogP contribution is 2.38. The minimum absolute atomic E-state index is 0.00473. The van der Waals surface area contributed by atoms with Crippen molar-refractivity contribution in [1.29, 1.82) is 0 Å². The Labute approximate surface area is 234 Å². The highest BCUT2D eigenvalue weighted by atomic mass is 19.1. The van der Waals surface area contributed by atoms with Crippen molar-refractivity contribution in [3.63, 3.8) is 0 Å². The van der Waals surface area contributed by atoms with Gasteiger partial charge in [0.05, 0.1) is 50.9 Å². The molecule has 0 radical (unpaired) electrons. The van der Waals surface area contributed by atoms with Crippen molar-refractivity contribution in [3.05, 3.63) is 60.6 Å². The number of aryl methyl sites for hydroxylation is 1. The molecule has 1 saturated heterocycles. The van der Waals surface area contributed by atoms with Gasteiger partial charge in [-0.25, -0.2) is 23.7 Å². The number of halogens is 2. The minimum Gasteiger partial charge on any atom is -0.494 e. The number of pyridine rings is 1. The zero-order chi connectivity index (χ0) is 29.1. The lowest BCUT2D eigenvalue weighted by molar-refractivity contribution is -0.115. The van der Waals surface area contributed by atoms with E-state index in [-0.39, 0.29) is 40.8 Å². The van der Waals surface area contributed by atoms with Crippen molar-refractivity contribution in [2.45, 2.75) is 19.0 Å². The van der Waals surface area contributed by atoms with Gasteiger partial charge in [-0.3, -0.25) is 9.48 Å². The summed E-state index contributed by atoms with van der Waals surface area (Å²) in [5.41, 5.74) is 0.865. The average Bonchev–Trinajstić information content (AvgIpc) is 3.59. The van der Waals surface area contributed by atoms with Crippen LogP contribution in [0.25, 0.3) is 22.2 Å². The third-order valence-corrected chi connectivity index (χ3v) is 6.82. The fourth-order valence-corrected chi connectivity index (χ4v) is 4.69. The van der Waals surface area contributed by atoms with Crippen molar-refractivity contribution < 1.29 is 27.8 Å². The molecular weight excluding hydrogens is 536 g/mol. The number of nitrogens with one attached hydrogen (secondary N) is 2. The Hall–Kier alpha value is -4.65. The van der Waals surface area contributed by atoms with E-state index in [1.807, 2.05) is 6.20 Å². The van der Waals surface area contributed by atoms with E-state index >= 15 is 8.78 Å². The molecule has 4 heterocycles. The van der Waals surface area contributed by atoms with Gasteiger partial charge in [0, 0.05) is 55.3 Å². The number of aromatic nitrogens is 5. The van der Waals surface area contributed by atoms with Crippen molar-refractivity contribution in [2.75, 3.05) is 38.1 Å². The number of benzene rings is 1. The molecular formula is C28H29F2N7O4. The van der Waals surface area contributed by atoms with Crippen LogP contribution in [0, 0.1) is 17.6 Å². The molecule has 214 valence electrons. The smallest absolute Gasteiger partial charge is 0.223 e. The molecule has 5 rings (SSSR count). The maximum absolute atomic E-state index is 15.4. The fourth-order valence-electron chi connectivity index (χ4n) is 4.69. The number of anilines is 2. The van der Waals surface area contributed by atoms with Crippen molar-refractivity contribution in [2.24, 2.45) is 13.0 Å². The molecule has 0 bridgehead atoms. The molecule has 2 atom stereocenters. The van der Waals surface area contributed by atoms with Crippen LogP contribution in [0.4, 0.5) is 20.5 Å². The van der Waals surface area contributed by atoms with E-state index in [1.54, 1.807) is 17.9 Å². The third-order valence-electron chi connectivity index (χ3n) is 6.82. The van der Waals surface area contributed by atoms with Crippen LogP contribution in [0.3, 0.4) is 0 Å². The number of rotatable bonds is 11. The molecule has 1 aromatic carbocycles. The third kappa shape index (κ3) is 5.80. The van der Waals surface area contributed by atoms with Gasteiger partial charge in [0.15, 0.2) is 34.7 Å². The number of ketones is 1. The van der Waals surface area contributed by atoms with E-state index in [0.717, 1.165) is 11.6 Å². The number of fused-ring (bicyclic) bond motifs is 1. The standard InChI is InChI=1S/C28H29F2N7O4/c1-5-18(38)6-17-13-41-14-20(17)35-28-32-11-16-7-19(23-24(29)21(39-3)8-22(40-4)25(23)30)34-27(26(16)36-28)31-9-15-10-33-37(2)12-15/h5,7-8,10-12,17,20H,1,6,9,13-14H2,2-4H3,(H,31,34)(H,32,35,36)/t17-,20+/m0/s1. The molecule has 0 aliphatic carbocycles. The Bertz CT molecular complexity index is 1580. The Kier molecular flexibility index (Phi) is 8.06. The number of allylic oxidation sites excluding steroid dienone is 1. The molecule has 1 aliphatic heterocycles. The SMILES string of the molecule is C=CC(=O)C[C@H]1COC[C@H]1Nc1ncc2cc(-c3c(F)c(OC)cc(OC)c3F)nc(NCc3cnn(C)c3)c2n1. The van der Waals surface area contributed by atoms with Gasteiger partial charge in [0.2, 0.25) is 5.95 Å². The molecule has 41 heavy (non-hydrogen) atoms. The van der Waals surface area contributed by atoms with Crippen LogP contribution in [-0.2, 0) is 23.1 Å². The molecule has 13 heteroatoms. The normalized spacial score (nSPS) is 16.5. The number of carbonyl (C=O) groups is 1. The second-order valence-electron chi connectivity index (χ2n) is 9.57. The quantitative estimate of drug-likeness (QED) is 0.259. The van der Waals surface area contributed by atoms with E-state index in [4.69, 9.17) is 14.2 Å². The van der Waals surface area contributed by atoms with Gasteiger partial charge in [0.1, 0.15) is 5.52 Å². The number of ether oxygens (including phenoxy) is 3. The predicted octanol–water partition coefficient (Wildman–Crippen LogP) is 3.90. The first-order chi connectivity index (χ1) is 19.8. The zero-order valence-electron chi connectivity index (χ0n) is 22.8. The summed E-state index contributed by atoms with van der Waals surface area (Å²) in [4.78, 5) is 25.6. The van der Waals surface area contributed by atoms with Crippen molar-refractivity contribution in [1.82, 2.24) is 24.7 Å². The van der Waals surface area contributed by atoms with Crippen LogP contribution in [-0.4, -0.2) is 64.0 Å². The second-order valence-corrected chi connectivity index (χ2v) is 9.57. The topological polar surface area (TPSA) is 125 Å². The number of hydrogen-bond donors (Lipinski definition) is 2. The molecule has 11 nitrogen and oxygen atoms in total. The van der Waals surface area contributed by atoms with Crippen molar-refractivity contribution >= 4 is 28.5 Å². The molecule has 2 N–H and O–H groups in total. The van der Waals surface area contributed by atoms with Gasteiger partial charge in [0.25, 0.3) is 0 Å². The summed E-state index contributed by atoms with van der Waals surface area (Å²) in [5, 5.41) is 11.1. The summed E-state index contributed by atoms with van der Waals surface area (Å²) >= 11 is 0. The van der Waals surface area contributed by atoms with Crippen LogP contribution < -0.4 is 20.1 Å². The summed E-state index contributed by atoms with van der Waals surface area (Å²) in [5.74, 6) is -1.80. The van der Waals surface area contributed by atoms with Gasteiger partial charge in [-0.2, -0.15) is 5.10 Å². The highest BCUT2D eigenvalue weighted by molar-refractivity contribution is 5.92. The first-order valence-corrected chi connectivity index (χ1v) is 12.8. The molecule has 1 aliphatic rings. The summed E-state index contributed by atoms with van der Waals surface area (Å²) in [6, 6.07) is 2.45. The molecule has 0 saturated carbocycles. The number of methoxy groups -OCH3 is 2. The van der Waals surface area contributed by atoms with E-state index in [9.17, 15) is 4.79 Å². The average molecular weight is 566 g/mol. The predicted molar refractivity (Wildman–Crippen MR) is 148 cm³/mol. The lowest BCUT2D eigenvalue weighted by atomic mass is 9.97. The molecule has 3 aromatic heterocycles. The monoisotopic (exact) mass is 565 g/mol. The molecule has 0 unspecified atom stereocenters. The highest BCUT2D eigenvalue weighted by Gasteiger charge is 2.30. The maximum atomic E-state index is 15.4. The van der Waals surface area contributed by atoms with Gasteiger partial charge in [-0.15, -0.1) is 0 Å². The van der Waals surface area contributed by atoms with Crippen molar-refractivity contribution in [3.8, 4) is 22.8 Å². The Morgan fingerprint density at radius 1 is 1.17 bits per heavy atom. The van der Waals surface area contributed by atoms with E-state index in [2.05, 4.69) is 37.3 Å². The van der Waals surface area contributed by atoms with E-state index < -0.39 is 17.2 Å². The number of hydrogen-bond acceptors (Lipinski definition) is 10. The first kappa shape index (κ1) is 27.9. The summed E-state index contributed by atoms with van der Waals surface area (Å²) in [6.07, 6.45) is 6.65. The second kappa shape index (κ2) is 11.8. The Morgan fingerprint density at radius 3 is 2.59 bits per heavy atom. The summed E-state index contributed by atoms with van der Waals surface area (Å²) in [7, 11) is 4.36. The largest absolute Gasteiger partial charge is 0.494 e. The van der Waals surface area contributed by atoms with Crippen LogP contribution in [0.2, 0.25) is 0 Å². The van der Waals surface area contributed by atoms with Crippen LogP contribution in [0.15, 0.2) is 43.4 Å². The van der Waals surface area contributed by atoms with Gasteiger partial charge in [-0.1, -0.05) is 6.58 Å². The van der Waals surface area contributed by atoms with Gasteiger partial charge in [-0.05, 0) is 12.1 Å². The van der Waals surface area contributed by atoms with Gasteiger partial charge >= 0.3 is 0 Å². The van der Waals surface area contributed by atoms with Crippen LogP contribution in [0.5, 0.6) is 11.5 Å². The molecule has 0 spiro atoms. The van der Waals surface area contributed by atoms with Crippen LogP contribution in [0.1, 0.15) is 12.0 Å². The Balaban J connectivity index is 1.56. The minimum atomic E-state index is -0.920. The lowest BCUT2D eigenvalue weighted by Gasteiger charge is -2.19. The summed E-state index contributed by atoms with van der Waals surface area (Å²) in [6.45, 7) is 4.67. The number of nitrogens with zero attached hydrogens (tertiary/aromatic N) is 5. The molecule has 4 aromatic rings. The zero-order valence-corrected chi connectivity index (χ0v) is 22.8. The Morgan fingerprint density at radius 2 is 1.93 bits per heavy atom. The first-order valence-electron chi connectivity index (χ1n) is 12.8. The van der Waals surface area contributed by atoms with Crippen LogP contribution >= 0.6 is 0 Å². The van der Waals surface area contributed by atoms with Gasteiger partial charge < -0.3 is 24.8 Å². The maximum Gasteiger partial charge on any atom is 0.223 e. The van der Waals surface area contributed by atoms with E-state index in [1.165, 1.54) is 32.6 Å². The fraction of sp³-hybridized carbons (Fsp3) is 0.321. The summed E-state index contributed by atoms with van der Waals surface area (Å²) < 4.78 is 48.2. The molecule has 0 amide bonds. The number of carbonyl (C=O) groups excluding carboxylic acids is 1.